The molecule has 2 N–H and O–H groups in total. The second-order valence-corrected chi connectivity index (χ2v) is 3.88. The van der Waals surface area contributed by atoms with Crippen LogP contribution in [0.15, 0.2) is 0 Å². The molecule has 0 bridgehead atoms. The summed E-state index contributed by atoms with van der Waals surface area (Å²) >= 11 is 1.06. The van der Waals surface area contributed by atoms with E-state index in [1.54, 1.807) is 0 Å². The number of carbonyl (C=O) groups is 1. The number of rotatable bonds is 3. The molecule has 0 aliphatic carbocycles. The van der Waals surface area contributed by atoms with Crippen molar-refractivity contribution < 1.29 is 9.53 Å². The number of hydrogen-bond acceptors (Lipinski definition) is 7. The summed E-state index contributed by atoms with van der Waals surface area (Å²) in [7, 11) is 0. The number of aromatic nitrogens is 3. The number of ether oxygens (including phenoxy) is 1. The quantitative estimate of drug-likeness (QED) is 0.709. The molecule has 1 aliphatic rings. The lowest BCUT2D eigenvalue weighted by Crippen LogP contribution is -2.43. The van der Waals surface area contributed by atoms with Gasteiger partial charge in [-0.3, -0.25) is 10.1 Å². The minimum absolute atomic E-state index is 0.0830. The summed E-state index contributed by atoms with van der Waals surface area (Å²) in [4.78, 5) is 11.5. The molecule has 1 aromatic rings. The van der Waals surface area contributed by atoms with Gasteiger partial charge in [-0.25, -0.2) is 0 Å². The van der Waals surface area contributed by atoms with Crippen LogP contribution in [-0.2, 0) is 9.53 Å². The first-order valence-corrected chi connectivity index (χ1v) is 5.38. The largest absolute Gasteiger partial charge is 0.378 e. The molecule has 0 saturated carbocycles. The Morgan fingerprint density at radius 2 is 2.67 bits per heavy atom. The van der Waals surface area contributed by atoms with E-state index in [4.69, 9.17) is 4.74 Å². The van der Waals surface area contributed by atoms with Crippen LogP contribution in [-0.4, -0.2) is 46.5 Å². The van der Waals surface area contributed by atoms with Crippen molar-refractivity contribution in [3.63, 3.8) is 0 Å². The Labute approximate surface area is 90.4 Å². The Bertz CT molecular complexity index is 311. The molecule has 2 rings (SSSR count). The first kappa shape index (κ1) is 10.4. The van der Waals surface area contributed by atoms with Crippen LogP contribution in [0.1, 0.15) is 6.42 Å². The molecule has 0 radical (unpaired) electrons. The van der Waals surface area contributed by atoms with E-state index in [1.165, 1.54) is 0 Å². The van der Waals surface area contributed by atoms with E-state index in [0.717, 1.165) is 18.1 Å². The van der Waals surface area contributed by atoms with Crippen molar-refractivity contribution in [3.8, 4) is 0 Å². The Morgan fingerprint density at radius 3 is 3.33 bits per heavy atom. The Morgan fingerprint density at radius 1 is 1.73 bits per heavy atom. The van der Waals surface area contributed by atoms with Gasteiger partial charge in [0.05, 0.1) is 13.2 Å². The van der Waals surface area contributed by atoms with Gasteiger partial charge in [0, 0.05) is 30.5 Å². The van der Waals surface area contributed by atoms with Crippen LogP contribution < -0.4 is 10.6 Å². The van der Waals surface area contributed by atoms with Crippen LogP contribution in [0.2, 0.25) is 0 Å². The van der Waals surface area contributed by atoms with E-state index in [-0.39, 0.29) is 11.9 Å². The maximum Gasteiger partial charge on any atom is 0.231 e. The molecule has 2 heterocycles. The fourth-order valence-corrected chi connectivity index (χ4v) is 1.71. The number of nitrogens with one attached hydrogen (secondary N) is 2. The fraction of sp³-hybridized carbons (Fsp3) is 0.714. The van der Waals surface area contributed by atoms with Crippen LogP contribution in [0.5, 0.6) is 0 Å². The highest BCUT2D eigenvalue weighted by Gasteiger charge is 2.17. The molecule has 8 heteroatoms. The number of anilines is 1. The van der Waals surface area contributed by atoms with E-state index in [1.807, 2.05) is 0 Å². The van der Waals surface area contributed by atoms with Gasteiger partial charge in [0.1, 0.15) is 0 Å². The molecule has 1 saturated heterocycles. The van der Waals surface area contributed by atoms with E-state index < -0.39 is 0 Å². The van der Waals surface area contributed by atoms with E-state index in [0.29, 0.717) is 24.8 Å². The molecular weight excluding hydrogens is 218 g/mol. The molecule has 82 valence electrons. The van der Waals surface area contributed by atoms with Gasteiger partial charge in [0.2, 0.25) is 11.0 Å². The van der Waals surface area contributed by atoms with Crippen molar-refractivity contribution in [2.45, 2.75) is 12.5 Å². The third-order valence-corrected chi connectivity index (χ3v) is 2.49. The van der Waals surface area contributed by atoms with Crippen molar-refractivity contribution in [1.29, 1.82) is 0 Å². The Hall–Kier alpha value is -1.12. The third kappa shape index (κ3) is 3.18. The topological polar surface area (TPSA) is 89.0 Å². The van der Waals surface area contributed by atoms with E-state index in [2.05, 4.69) is 25.4 Å². The smallest absolute Gasteiger partial charge is 0.231 e. The summed E-state index contributed by atoms with van der Waals surface area (Å²) in [5.74, 6) is -0.100. The normalized spacial score (nSPS) is 21.2. The summed E-state index contributed by atoms with van der Waals surface area (Å²) in [6.45, 7) is 2.07. The Kier molecular flexibility index (Phi) is 3.54. The minimum Gasteiger partial charge on any atom is -0.378 e. The highest BCUT2D eigenvalue weighted by molar-refractivity contribution is 7.09. The molecule has 1 aliphatic heterocycles. The molecule has 1 unspecified atom stereocenters. The fourth-order valence-electron chi connectivity index (χ4n) is 1.33. The van der Waals surface area contributed by atoms with Gasteiger partial charge in [-0.15, -0.1) is 0 Å². The molecule has 0 aromatic carbocycles. The highest BCUT2D eigenvalue weighted by atomic mass is 32.1. The summed E-state index contributed by atoms with van der Waals surface area (Å²) in [6, 6.07) is 0.0830. The third-order valence-electron chi connectivity index (χ3n) is 1.98. The summed E-state index contributed by atoms with van der Waals surface area (Å²) in [5.41, 5.74) is 0. The van der Waals surface area contributed by atoms with E-state index >= 15 is 0 Å². The predicted octanol–water partition coefficient (Wildman–Crippen LogP) is -0.750. The van der Waals surface area contributed by atoms with E-state index in [9.17, 15) is 4.79 Å². The van der Waals surface area contributed by atoms with Gasteiger partial charge < -0.3 is 10.1 Å². The van der Waals surface area contributed by atoms with Crippen molar-refractivity contribution >= 4 is 22.6 Å². The van der Waals surface area contributed by atoms with Crippen LogP contribution >= 0.6 is 11.5 Å². The van der Waals surface area contributed by atoms with Crippen LogP contribution in [0, 0.1) is 0 Å². The van der Waals surface area contributed by atoms with Gasteiger partial charge in [-0.05, 0) is 5.21 Å². The second kappa shape index (κ2) is 5.10. The minimum atomic E-state index is -0.100. The van der Waals surface area contributed by atoms with Crippen molar-refractivity contribution in [3.05, 3.63) is 0 Å². The average molecular weight is 229 g/mol. The molecule has 1 amide bonds. The zero-order chi connectivity index (χ0) is 10.5. The lowest BCUT2D eigenvalue weighted by molar-refractivity contribution is -0.117. The second-order valence-electron chi connectivity index (χ2n) is 3.15. The highest BCUT2D eigenvalue weighted by Crippen LogP contribution is 2.06. The monoisotopic (exact) mass is 229 g/mol. The zero-order valence-electron chi connectivity index (χ0n) is 7.97. The molecule has 15 heavy (non-hydrogen) atoms. The number of hydrogen-bond donors (Lipinski definition) is 2. The summed E-state index contributed by atoms with van der Waals surface area (Å²) in [6.07, 6.45) is 0.375. The molecular formula is C7H11N5O2S. The van der Waals surface area contributed by atoms with Crippen LogP contribution in [0.3, 0.4) is 0 Å². The van der Waals surface area contributed by atoms with Crippen LogP contribution in [0.4, 0.5) is 5.13 Å². The first-order valence-electron chi connectivity index (χ1n) is 4.60. The van der Waals surface area contributed by atoms with Crippen molar-refractivity contribution in [2.75, 3.05) is 25.1 Å². The summed E-state index contributed by atoms with van der Waals surface area (Å²) in [5, 5.41) is 13.2. The van der Waals surface area contributed by atoms with Gasteiger partial charge >= 0.3 is 0 Å². The molecule has 1 fully saturated rings. The summed E-state index contributed by atoms with van der Waals surface area (Å²) < 4.78 is 8.79. The maximum absolute atomic E-state index is 11.5. The van der Waals surface area contributed by atoms with Crippen molar-refractivity contribution in [2.24, 2.45) is 0 Å². The predicted molar refractivity (Wildman–Crippen MR) is 53.6 cm³/mol. The average Bonchev–Trinajstić information content (AvgIpc) is 2.71. The molecule has 0 spiro atoms. The standard InChI is InChI=1S/C7H11N5O2S/c13-6(9-7-10-11-12-15-7)3-5-4-14-2-1-8-5/h5,8H,1-4H2,(H,9,10,12,13). The number of nitrogens with zero attached hydrogens (tertiary/aromatic N) is 3. The lowest BCUT2D eigenvalue weighted by atomic mass is 10.2. The number of carbonyl (C=O) groups excluding carboxylic acids is 1. The Balaban J connectivity index is 1.76. The van der Waals surface area contributed by atoms with Crippen LogP contribution in [0.25, 0.3) is 0 Å². The molecule has 7 nitrogen and oxygen atoms in total. The van der Waals surface area contributed by atoms with Gasteiger partial charge in [0.15, 0.2) is 0 Å². The SMILES string of the molecule is O=C(CC1COCCN1)Nc1nnns1. The van der Waals surface area contributed by atoms with Gasteiger partial charge in [-0.2, -0.15) is 0 Å². The molecule has 1 aromatic heterocycles. The van der Waals surface area contributed by atoms with Gasteiger partial charge in [0.25, 0.3) is 0 Å². The lowest BCUT2D eigenvalue weighted by Gasteiger charge is -2.22. The number of morpholine rings is 1. The zero-order valence-corrected chi connectivity index (χ0v) is 8.79. The molecule has 1 atom stereocenters. The first-order chi connectivity index (χ1) is 7.34. The van der Waals surface area contributed by atoms with Crippen molar-refractivity contribution in [1.82, 2.24) is 20.1 Å². The number of amides is 1. The van der Waals surface area contributed by atoms with Gasteiger partial charge in [-0.1, -0.05) is 9.59 Å². The maximum atomic E-state index is 11.5.